The van der Waals surface area contributed by atoms with Gasteiger partial charge in [0.1, 0.15) is 5.69 Å². The number of rotatable bonds is 4. The summed E-state index contributed by atoms with van der Waals surface area (Å²) in [4.78, 5) is 25.4. The number of nitrogens with one attached hydrogen (secondary N) is 2. The molecule has 21 heavy (non-hydrogen) atoms. The maximum Gasteiger partial charge on any atom is 0.433 e. The van der Waals surface area contributed by atoms with E-state index in [9.17, 15) is 22.8 Å². The van der Waals surface area contributed by atoms with Crippen LogP contribution >= 0.6 is 0 Å². The summed E-state index contributed by atoms with van der Waals surface area (Å²) >= 11 is 0. The average Bonchev–Trinajstić information content (AvgIpc) is 2.25. The molecule has 0 unspecified atom stereocenters. The fourth-order valence-corrected chi connectivity index (χ4v) is 1.53. The number of hydrogen-bond acceptors (Lipinski definition) is 3. The summed E-state index contributed by atoms with van der Waals surface area (Å²) in [6.07, 6.45) is -3.98. The minimum absolute atomic E-state index is 0.0617. The Morgan fingerprint density at radius 2 is 1.90 bits per heavy atom. The van der Waals surface area contributed by atoms with Crippen molar-refractivity contribution in [2.75, 3.05) is 5.32 Å². The largest absolute Gasteiger partial charge is 0.481 e. The van der Waals surface area contributed by atoms with Crippen LogP contribution in [0.5, 0.6) is 0 Å². The zero-order valence-corrected chi connectivity index (χ0v) is 11.3. The third-order valence-electron chi connectivity index (χ3n) is 2.36. The molecule has 0 saturated carbocycles. The summed E-state index contributed by atoms with van der Waals surface area (Å²) in [5.74, 6) is -1.09. The highest BCUT2D eigenvalue weighted by Crippen LogP contribution is 2.27. The van der Waals surface area contributed by atoms with Crippen molar-refractivity contribution in [3.05, 3.63) is 24.0 Å². The van der Waals surface area contributed by atoms with E-state index in [1.165, 1.54) is 13.8 Å². The molecule has 0 aromatic carbocycles. The lowest BCUT2D eigenvalue weighted by atomic mass is 10.0. The molecule has 0 fully saturated rings. The van der Waals surface area contributed by atoms with Crippen molar-refractivity contribution in [1.29, 1.82) is 0 Å². The van der Waals surface area contributed by atoms with Gasteiger partial charge in [0.25, 0.3) is 0 Å². The number of carbonyl (C=O) groups is 2. The Labute approximate surface area is 118 Å². The lowest BCUT2D eigenvalue weighted by Gasteiger charge is -2.24. The molecule has 9 heteroatoms. The third-order valence-corrected chi connectivity index (χ3v) is 2.36. The van der Waals surface area contributed by atoms with Gasteiger partial charge in [0.2, 0.25) is 0 Å². The molecule has 0 atom stereocenters. The first-order chi connectivity index (χ1) is 9.49. The van der Waals surface area contributed by atoms with Crippen LogP contribution in [0.15, 0.2) is 18.3 Å². The van der Waals surface area contributed by atoms with Gasteiger partial charge in [0.05, 0.1) is 18.3 Å². The highest BCUT2D eigenvalue weighted by Gasteiger charge is 2.32. The number of alkyl halides is 3. The van der Waals surface area contributed by atoms with Gasteiger partial charge in [0, 0.05) is 5.54 Å². The molecule has 6 nitrogen and oxygen atoms in total. The van der Waals surface area contributed by atoms with E-state index in [-0.39, 0.29) is 12.1 Å². The van der Waals surface area contributed by atoms with E-state index in [0.717, 1.165) is 18.3 Å². The molecule has 2 amide bonds. The van der Waals surface area contributed by atoms with Crippen molar-refractivity contribution >= 4 is 17.7 Å². The number of anilines is 1. The fraction of sp³-hybridized carbons (Fsp3) is 0.417. The number of carbonyl (C=O) groups excluding carboxylic acids is 1. The van der Waals surface area contributed by atoms with E-state index in [1.54, 1.807) is 0 Å². The van der Waals surface area contributed by atoms with E-state index in [0.29, 0.717) is 0 Å². The van der Waals surface area contributed by atoms with Crippen LogP contribution in [0, 0.1) is 0 Å². The van der Waals surface area contributed by atoms with Gasteiger partial charge in [0.15, 0.2) is 0 Å². The third kappa shape index (κ3) is 5.67. The van der Waals surface area contributed by atoms with Gasteiger partial charge in [-0.2, -0.15) is 13.2 Å². The van der Waals surface area contributed by atoms with Gasteiger partial charge in [-0.25, -0.2) is 9.78 Å². The first-order valence-electron chi connectivity index (χ1n) is 5.84. The number of carboxylic acids is 1. The van der Waals surface area contributed by atoms with Crippen molar-refractivity contribution in [2.45, 2.75) is 32.0 Å². The zero-order chi connectivity index (χ0) is 16.3. The van der Waals surface area contributed by atoms with Crippen molar-refractivity contribution < 1.29 is 27.9 Å². The molecule has 0 bridgehead atoms. The molecule has 3 N–H and O–H groups in total. The van der Waals surface area contributed by atoms with E-state index >= 15 is 0 Å². The molecule has 0 aliphatic carbocycles. The summed E-state index contributed by atoms with van der Waals surface area (Å²) in [6, 6.07) is 1.06. The zero-order valence-electron chi connectivity index (χ0n) is 11.3. The van der Waals surface area contributed by atoms with Crippen LogP contribution in [0.25, 0.3) is 0 Å². The van der Waals surface area contributed by atoms with E-state index in [4.69, 9.17) is 5.11 Å². The summed E-state index contributed by atoms with van der Waals surface area (Å²) < 4.78 is 36.9. The van der Waals surface area contributed by atoms with Crippen molar-refractivity contribution in [3.8, 4) is 0 Å². The lowest BCUT2D eigenvalue weighted by molar-refractivity contribution is -0.141. The predicted molar refractivity (Wildman–Crippen MR) is 67.7 cm³/mol. The summed E-state index contributed by atoms with van der Waals surface area (Å²) in [5.41, 5.74) is -2.01. The molecule has 116 valence electrons. The Balaban J connectivity index is 2.65. The summed E-state index contributed by atoms with van der Waals surface area (Å²) in [7, 11) is 0. The van der Waals surface area contributed by atoms with Crippen LogP contribution in [-0.4, -0.2) is 27.6 Å². The Kier molecular flexibility index (Phi) is 4.77. The predicted octanol–water partition coefficient (Wildman–Crippen LogP) is 2.48. The van der Waals surface area contributed by atoms with Crippen LogP contribution in [-0.2, 0) is 11.0 Å². The maximum absolute atomic E-state index is 12.3. The first-order valence-corrected chi connectivity index (χ1v) is 5.84. The number of pyridine rings is 1. The van der Waals surface area contributed by atoms with Gasteiger partial charge in [-0.05, 0) is 26.0 Å². The van der Waals surface area contributed by atoms with Gasteiger partial charge in [-0.15, -0.1) is 0 Å². The lowest BCUT2D eigenvalue weighted by Crippen LogP contribution is -2.46. The number of urea groups is 1. The first kappa shape index (κ1) is 16.7. The van der Waals surface area contributed by atoms with Gasteiger partial charge >= 0.3 is 18.2 Å². The quantitative estimate of drug-likeness (QED) is 0.797. The number of nitrogens with zero attached hydrogens (tertiary/aromatic N) is 1. The molecule has 0 spiro atoms. The molecule has 1 heterocycles. The molecular weight excluding hydrogens is 291 g/mol. The van der Waals surface area contributed by atoms with Crippen LogP contribution in [0.4, 0.5) is 23.7 Å². The average molecular weight is 305 g/mol. The second-order valence-electron chi connectivity index (χ2n) is 4.96. The van der Waals surface area contributed by atoms with Crippen LogP contribution in [0.1, 0.15) is 26.0 Å². The molecule has 0 aliphatic rings. The molecule has 1 aromatic rings. The Morgan fingerprint density at radius 1 is 1.29 bits per heavy atom. The smallest absolute Gasteiger partial charge is 0.433 e. The fourth-order valence-electron chi connectivity index (χ4n) is 1.53. The van der Waals surface area contributed by atoms with E-state index < -0.39 is 29.4 Å². The summed E-state index contributed by atoms with van der Waals surface area (Å²) in [6.45, 7) is 3.01. The number of aromatic nitrogens is 1. The van der Waals surface area contributed by atoms with Gasteiger partial charge in [-0.3, -0.25) is 4.79 Å². The van der Waals surface area contributed by atoms with E-state index in [1.807, 2.05) is 0 Å². The minimum atomic E-state index is -4.55. The van der Waals surface area contributed by atoms with Crippen molar-refractivity contribution in [3.63, 3.8) is 0 Å². The Bertz CT molecular complexity index is 527. The van der Waals surface area contributed by atoms with Gasteiger partial charge in [-0.1, -0.05) is 0 Å². The number of aliphatic carboxylic acids is 1. The molecule has 1 aromatic heterocycles. The van der Waals surface area contributed by atoms with Gasteiger partial charge < -0.3 is 15.7 Å². The Morgan fingerprint density at radius 3 is 2.33 bits per heavy atom. The highest BCUT2D eigenvalue weighted by atomic mass is 19.4. The topological polar surface area (TPSA) is 91.3 Å². The van der Waals surface area contributed by atoms with E-state index in [2.05, 4.69) is 15.6 Å². The number of amides is 2. The normalized spacial score (nSPS) is 11.9. The molecule has 0 saturated heterocycles. The Hall–Kier alpha value is -2.32. The van der Waals surface area contributed by atoms with Crippen LogP contribution in [0.3, 0.4) is 0 Å². The molecule has 1 rings (SSSR count). The number of halogens is 3. The summed E-state index contributed by atoms with van der Waals surface area (Å²) in [5, 5.41) is 13.3. The number of carboxylic acid groups (broad SMARTS) is 1. The molecule has 0 aliphatic heterocycles. The second-order valence-corrected chi connectivity index (χ2v) is 4.96. The highest BCUT2D eigenvalue weighted by molar-refractivity contribution is 5.89. The number of hydrogen-bond donors (Lipinski definition) is 3. The molecule has 0 radical (unpaired) electrons. The van der Waals surface area contributed by atoms with Crippen molar-refractivity contribution in [1.82, 2.24) is 10.3 Å². The maximum atomic E-state index is 12.3. The standard InChI is InChI=1S/C12H14F3N3O3/c1-11(2,5-9(19)20)18-10(21)17-7-3-4-8(16-6-7)12(13,14)15/h3-4,6H,5H2,1-2H3,(H,19,20)(H2,17,18,21). The van der Waals surface area contributed by atoms with Crippen molar-refractivity contribution in [2.24, 2.45) is 0 Å². The second kappa shape index (κ2) is 5.98. The van der Waals surface area contributed by atoms with Crippen LogP contribution < -0.4 is 10.6 Å². The SMILES string of the molecule is CC(C)(CC(=O)O)NC(=O)Nc1ccc(C(F)(F)F)nc1. The van der Waals surface area contributed by atoms with Crippen LogP contribution in [0.2, 0.25) is 0 Å². The molecular formula is C12H14F3N3O3. The monoisotopic (exact) mass is 305 g/mol. The minimum Gasteiger partial charge on any atom is -0.481 e.